The normalized spacial score (nSPS) is 18.0. The third-order valence-corrected chi connectivity index (χ3v) is 3.68. The fourth-order valence-corrected chi connectivity index (χ4v) is 2.71. The SMILES string of the molecule is CN(C)CCCNC1C(=O)Nc2cccc(Br)c21. The van der Waals surface area contributed by atoms with Gasteiger partial charge in [0.25, 0.3) is 0 Å². The maximum atomic E-state index is 11.9. The van der Waals surface area contributed by atoms with Crippen molar-refractivity contribution in [3.05, 3.63) is 28.2 Å². The van der Waals surface area contributed by atoms with E-state index in [1.807, 2.05) is 32.3 Å². The lowest BCUT2D eigenvalue weighted by molar-refractivity contribution is -0.117. The molecule has 1 amide bonds. The highest BCUT2D eigenvalue weighted by molar-refractivity contribution is 9.10. The molecule has 2 rings (SSSR count). The van der Waals surface area contributed by atoms with Crippen molar-refractivity contribution in [3.63, 3.8) is 0 Å². The van der Waals surface area contributed by atoms with Crippen molar-refractivity contribution in [2.24, 2.45) is 0 Å². The zero-order valence-corrected chi connectivity index (χ0v) is 12.3. The van der Waals surface area contributed by atoms with E-state index in [2.05, 4.69) is 31.5 Å². The Labute approximate surface area is 116 Å². The number of hydrogen-bond acceptors (Lipinski definition) is 3. The number of hydrogen-bond donors (Lipinski definition) is 2. The largest absolute Gasteiger partial charge is 0.324 e. The molecule has 98 valence electrons. The van der Waals surface area contributed by atoms with Crippen molar-refractivity contribution >= 4 is 27.5 Å². The smallest absolute Gasteiger partial charge is 0.246 e. The lowest BCUT2D eigenvalue weighted by Crippen LogP contribution is -2.30. The Morgan fingerprint density at radius 2 is 2.22 bits per heavy atom. The number of benzene rings is 1. The number of rotatable bonds is 5. The molecule has 0 aromatic heterocycles. The van der Waals surface area contributed by atoms with Crippen LogP contribution in [0.1, 0.15) is 18.0 Å². The fourth-order valence-electron chi connectivity index (χ4n) is 2.11. The maximum Gasteiger partial charge on any atom is 0.246 e. The van der Waals surface area contributed by atoms with E-state index in [0.29, 0.717) is 0 Å². The first-order chi connectivity index (χ1) is 8.59. The fraction of sp³-hybridized carbons (Fsp3) is 0.462. The van der Waals surface area contributed by atoms with E-state index in [-0.39, 0.29) is 11.9 Å². The van der Waals surface area contributed by atoms with E-state index >= 15 is 0 Å². The average molecular weight is 312 g/mol. The monoisotopic (exact) mass is 311 g/mol. The molecule has 1 aromatic rings. The first-order valence-corrected chi connectivity index (χ1v) is 6.86. The molecule has 0 saturated heterocycles. The first kappa shape index (κ1) is 13.5. The minimum absolute atomic E-state index is 0.0294. The third-order valence-electron chi connectivity index (χ3n) is 2.99. The summed E-state index contributed by atoms with van der Waals surface area (Å²) in [6.45, 7) is 1.85. The number of carbonyl (C=O) groups excluding carboxylic acids is 1. The minimum atomic E-state index is -0.238. The van der Waals surface area contributed by atoms with Gasteiger partial charge in [0.1, 0.15) is 6.04 Å². The highest BCUT2D eigenvalue weighted by atomic mass is 79.9. The van der Waals surface area contributed by atoms with Gasteiger partial charge in [-0.15, -0.1) is 0 Å². The Hall–Kier alpha value is -0.910. The molecule has 0 bridgehead atoms. The number of amides is 1. The van der Waals surface area contributed by atoms with Crippen LogP contribution in [0, 0.1) is 0 Å². The topological polar surface area (TPSA) is 44.4 Å². The van der Waals surface area contributed by atoms with Crippen molar-refractivity contribution < 1.29 is 4.79 Å². The van der Waals surface area contributed by atoms with Gasteiger partial charge in [0, 0.05) is 15.7 Å². The molecule has 0 radical (unpaired) electrons. The highest BCUT2D eigenvalue weighted by Gasteiger charge is 2.31. The van der Waals surface area contributed by atoms with Crippen molar-refractivity contribution in [1.82, 2.24) is 10.2 Å². The Bertz CT molecular complexity index is 448. The predicted octanol–water partition coefficient (Wildman–Crippen LogP) is 1.98. The van der Waals surface area contributed by atoms with Crippen molar-refractivity contribution in [3.8, 4) is 0 Å². The number of fused-ring (bicyclic) bond motifs is 1. The van der Waals surface area contributed by atoms with Crippen LogP contribution in [0.4, 0.5) is 5.69 Å². The molecule has 0 spiro atoms. The lowest BCUT2D eigenvalue weighted by Gasteiger charge is -2.14. The summed E-state index contributed by atoms with van der Waals surface area (Å²) in [7, 11) is 4.10. The molecule has 1 aromatic carbocycles. The van der Waals surface area contributed by atoms with Gasteiger partial charge in [0.05, 0.1) is 0 Å². The number of nitrogens with one attached hydrogen (secondary N) is 2. The summed E-state index contributed by atoms with van der Waals surface area (Å²) < 4.78 is 0.975. The number of carbonyl (C=O) groups is 1. The van der Waals surface area contributed by atoms with Crippen molar-refractivity contribution in [2.45, 2.75) is 12.5 Å². The lowest BCUT2D eigenvalue weighted by atomic mass is 10.1. The van der Waals surface area contributed by atoms with Gasteiger partial charge in [-0.3, -0.25) is 4.79 Å². The van der Waals surface area contributed by atoms with Gasteiger partial charge in [0.15, 0.2) is 0 Å². The van der Waals surface area contributed by atoms with E-state index in [1.165, 1.54) is 0 Å². The van der Waals surface area contributed by atoms with E-state index in [4.69, 9.17) is 0 Å². The van der Waals surface area contributed by atoms with Crippen LogP contribution in [0.3, 0.4) is 0 Å². The van der Waals surface area contributed by atoms with Crippen LogP contribution >= 0.6 is 15.9 Å². The van der Waals surface area contributed by atoms with E-state index < -0.39 is 0 Å². The quantitative estimate of drug-likeness (QED) is 0.817. The molecule has 0 saturated carbocycles. The molecule has 18 heavy (non-hydrogen) atoms. The van der Waals surface area contributed by atoms with Crippen LogP contribution in [0.5, 0.6) is 0 Å². The summed E-state index contributed by atoms with van der Waals surface area (Å²) in [5, 5.41) is 6.21. The van der Waals surface area contributed by atoms with Gasteiger partial charge in [-0.2, -0.15) is 0 Å². The minimum Gasteiger partial charge on any atom is -0.324 e. The average Bonchev–Trinajstić information content (AvgIpc) is 2.62. The molecule has 1 unspecified atom stereocenters. The molecule has 4 nitrogen and oxygen atoms in total. The van der Waals surface area contributed by atoms with Gasteiger partial charge >= 0.3 is 0 Å². The van der Waals surface area contributed by atoms with Crippen LogP contribution in [-0.4, -0.2) is 38.0 Å². The Morgan fingerprint density at radius 1 is 1.44 bits per heavy atom. The molecule has 0 fully saturated rings. The second-order valence-corrected chi connectivity index (χ2v) is 5.59. The van der Waals surface area contributed by atoms with Crippen molar-refractivity contribution in [2.75, 3.05) is 32.5 Å². The third kappa shape index (κ3) is 2.91. The van der Waals surface area contributed by atoms with Crippen LogP contribution in [0.25, 0.3) is 0 Å². The van der Waals surface area contributed by atoms with Gasteiger partial charge in [0.2, 0.25) is 5.91 Å². The van der Waals surface area contributed by atoms with E-state index in [0.717, 1.165) is 35.2 Å². The van der Waals surface area contributed by atoms with Crippen LogP contribution in [-0.2, 0) is 4.79 Å². The molecule has 1 heterocycles. The molecule has 5 heteroatoms. The molecule has 1 atom stereocenters. The summed E-state index contributed by atoms with van der Waals surface area (Å²) in [4.78, 5) is 14.0. The van der Waals surface area contributed by atoms with Gasteiger partial charge < -0.3 is 15.5 Å². The molecule has 1 aliphatic rings. The second kappa shape index (κ2) is 5.82. The van der Waals surface area contributed by atoms with E-state index in [9.17, 15) is 4.79 Å². The molecule has 2 N–H and O–H groups in total. The number of nitrogens with zero attached hydrogens (tertiary/aromatic N) is 1. The summed E-state index contributed by atoms with van der Waals surface area (Å²) in [5.74, 6) is 0.0294. The molecular formula is C13H18BrN3O. The zero-order chi connectivity index (χ0) is 13.1. The summed E-state index contributed by atoms with van der Waals surface area (Å²) in [5.41, 5.74) is 1.92. The van der Waals surface area contributed by atoms with Gasteiger partial charge in [-0.1, -0.05) is 22.0 Å². The number of anilines is 1. The van der Waals surface area contributed by atoms with Crippen molar-refractivity contribution in [1.29, 1.82) is 0 Å². The molecule has 0 aliphatic carbocycles. The first-order valence-electron chi connectivity index (χ1n) is 6.07. The van der Waals surface area contributed by atoms with Crippen LogP contribution in [0.2, 0.25) is 0 Å². The second-order valence-electron chi connectivity index (χ2n) is 4.73. The molecule has 1 aliphatic heterocycles. The number of halogens is 1. The predicted molar refractivity (Wildman–Crippen MR) is 76.7 cm³/mol. The Balaban J connectivity index is 2.00. The maximum absolute atomic E-state index is 11.9. The molecular weight excluding hydrogens is 294 g/mol. The summed E-state index contributed by atoms with van der Waals surface area (Å²) in [6, 6.07) is 5.59. The Morgan fingerprint density at radius 3 is 2.94 bits per heavy atom. The van der Waals surface area contributed by atoms with Crippen LogP contribution in [0.15, 0.2) is 22.7 Å². The summed E-state index contributed by atoms with van der Waals surface area (Å²) >= 11 is 3.51. The van der Waals surface area contributed by atoms with Gasteiger partial charge in [-0.05, 0) is 45.7 Å². The van der Waals surface area contributed by atoms with Gasteiger partial charge in [-0.25, -0.2) is 0 Å². The highest BCUT2D eigenvalue weighted by Crippen LogP contribution is 2.36. The van der Waals surface area contributed by atoms with E-state index in [1.54, 1.807) is 0 Å². The Kier molecular flexibility index (Phi) is 4.37. The van der Waals surface area contributed by atoms with Crippen LogP contribution < -0.4 is 10.6 Å². The standard InChI is InChI=1S/C13H18BrN3O/c1-17(2)8-4-7-15-12-11-9(14)5-3-6-10(11)16-13(12)18/h3,5-6,12,15H,4,7-8H2,1-2H3,(H,16,18). The zero-order valence-electron chi connectivity index (χ0n) is 10.7. The summed E-state index contributed by atoms with van der Waals surface area (Å²) in [6.07, 6.45) is 1.02.